The summed E-state index contributed by atoms with van der Waals surface area (Å²) < 4.78 is 0. The van der Waals surface area contributed by atoms with Gasteiger partial charge in [-0.15, -0.1) is 5.10 Å². The van der Waals surface area contributed by atoms with Gasteiger partial charge in [-0.25, -0.2) is 4.79 Å². The maximum atomic E-state index is 11.6. The van der Waals surface area contributed by atoms with E-state index in [1.165, 1.54) is 6.92 Å². The van der Waals surface area contributed by atoms with Gasteiger partial charge >= 0.3 is 5.97 Å². The van der Waals surface area contributed by atoms with Crippen LogP contribution < -0.4 is 10.2 Å². The van der Waals surface area contributed by atoms with E-state index in [1.807, 2.05) is 0 Å². The Balaban J connectivity index is 2.05. The smallest absolute Gasteiger partial charge is 0.341 e. The normalized spacial score (nSPS) is 10.3. The predicted molar refractivity (Wildman–Crippen MR) is 71.9 cm³/mol. The lowest BCUT2D eigenvalue weighted by atomic mass is 10.3. The monoisotopic (exact) mass is 294 g/mol. The van der Waals surface area contributed by atoms with Crippen LogP contribution in [0.3, 0.4) is 0 Å². The average molecular weight is 295 g/mol. The molecule has 2 aromatic rings. The molecule has 7 nitrogen and oxygen atoms in total. The maximum absolute atomic E-state index is 11.6. The molecule has 1 heterocycles. The Bertz CT molecular complexity index is 695. The molecule has 1 aromatic heterocycles. The first-order chi connectivity index (χ1) is 9.47. The standard InChI is InChI=1S/C12H11ClN4O3/c1-7(2)12(19)14-6-11(18)20-17-10-5-8(13)3-4-9(10)15-16-17/h3-5H,1,6H2,2H3,(H,14,19). The molecule has 1 aromatic carbocycles. The van der Waals surface area contributed by atoms with Crippen LogP contribution in [0, 0.1) is 0 Å². The largest absolute Gasteiger partial charge is 0.353 e. The Hall–Kier alpha value is -2.41. The van der Waals surface area contributed by atoms with Crippen LogP contribution in [0.25, 0.3) is 11.0 Å². The number of hydrogen-bond donors (Lipinski definition) is 1. The highest BCUT2D eigenvalue weighted by Gasteiger charge is 2.12. The number of aromatic nitrogens is 3. The summed E-state index contributed by atoms with van der Waals surface area (Å²) in [5.74, 6) is -1.11. The number of rotatable bonds is 4. The quantitative estimate of drug-likeness (QED) is 0.664. The lowest BCUT2D eigenvalue weighted by Gasteiger charge is -2.05. The molecule has 0 radical (unpaired) electrons. The van der Waals surface area contributed by atoms with Gasteiger partial charge < -0.3 is 10.2 Å². The number of fused-ring (bicyclic) bond motifs is 1. The lowest BCUT2D eigenvalue weighted by Crippen LogP contribution is -2.35. The van der Waals surface area contributed by atoms with Crippen LogP contribution in [0.5, 0.6) is 0 Å². The van der Waals surface area contributed by atoms with Crippen LogP contribution in [0.2, 0.25) is 5.02 Å². The van der Waals surface area contributed by atoms with E-state index in [2.05, 4.69) is 22.2 Å². The van der Waals surface area contributed by atoms with Crippen molar-refractivity contribution in [3.63, 3.8) is 0 Å². The zero-order valence-electron chi connectivity index (χ0n) is 10.6. The fraction of sp³-hybridized carbons (Fsp3) is 0.167. The minimum Gasteiger partial charge on any atom is -0.341 e. The lowest BCUT2D eigenvalue weighted by molar-refractivity contribution is -0.145. The van der Waals surface area contributed by atoms with Crippen molar-refractivity contribution in [2.24, 2.45) is 0 Å². The number of benzene rings is 1. The van der Waals surface area contributed by atoms with Gasteiger partial charge in [0.1, 0.15) is 17.6 Å². The van der Waals surface area contributed by atoms with Crippen molar-refractivity contribution in [1.82, 2.24) is 20.5 Å². The van der Waals surface area contributed by atoms with Crippen LogP contribution in [0.1, 0.15) is 6.92 Å². The molecule has 1 amide bonds. The molecule has 0 saturated heterocycles. The van der Waals surface area contributed by atoms with E-state index < -0.39 is 11.9 Å². The van der Waals surface area contributed by atoms with Gasteiger partial charge in [0.2, 0.25) is 5.91 Å². The molecule has 8 heteroatoms. The van der Waals surface area contributed by atoms with Crippen LogP contribution in [0.15, 0.2) is 30.4 Å². The van der Waals surface area contributed by atoms with E-state index in [9.17, 15) is 9.59 Å². The number of carbonyl (C=O) groups excluding carboxylic acids is 2. The Morgan fingerprint density at radius 3 is 2.95 bits per heavy atom. The Kier molecular flexibility index (Phi) is 3.99. The first-order valence-electron chi connectivity index (χ1n) is 5.63. The van der Waals surface area contributed by atoms with Gasteiger partial charge in [-0.2, -0.15) is 0 Å². The third-order valence-corrected chi connectivity index (χ3v) is 2.58. The Morgan fingerprint density at radius 2 is 2.25 bits per heavy atom. The number of carbonyl (C=O) groups is 2. The molecule has 0 unspecified atom stereocenters. The molecule has 0 saturated carbocycles. The zero-order valence-corrected chi connectivity index (χ0v) is 11.3. The summed E-state index contributed by atoms with van der Waals surface area (Å²) in [6.07, 6.45) is 0. The second-order valence-electron chi connectivity index (χ2n) is 4.02. The topological polar surface area (TPSA) is 86.1 Å². The van der Waals surface area contributed by atoms with Gasteiger partial charge in [-0.1, -0.05) is 23.0 Å². The molecule has 1 N–H and O–H groups in total. The van der Waals surface area contributed by atoms with E-state index in [4.69, 9.17) is 16.4 Å². The summed E-state index contributed by atoms with van der Waals surface area (Å²) in [7, 11) is 0. The van der Waals surface area contributed by atoms with E-state index >= 15 is 0 Å². The fourth-order valence-corrected chi connectivity index (χ4v) is 1.54. The van der Waals surface area contributed by atoms with Crippen LogP contribution in [-0.4, -0.2) is 33.6 Å². The second kappa shape index (κ2) is 5.70. The molecule has 0 aliphatic rings. The molecule has 0 atom stereocenters. The minimum absolute atomic E-state index is 0.298. The Morgan fingerprint density at radius 1 is 1.50 bits per heavy atom. The molecule has 20 heavy (non-hydrogen) atoms. The number of nitrogens with zero attached hydrogens (tertiary/aromatic N) is 3. The molecular weight excluding hydrogens is 284 g/mol. The number of nitrogens with one attached hydrogen (secondary N) is 1. The summed E-state index contributed by atoms with van der Waals surface area (Å²) in [5.41, 5.74) is 1.29. The van der Waals surface area contributed by atoms with Gasteiger partial charge in [0.15, 0.2) is 0 Å². The predicted octanol–water partition coefficient (Wildman–Crippen LogP) is 0.732. The number of amides is 1. The van der Waals surface area contributed by atoms with Gasteiger partial charge in [0.05, 0.1) is 0 Å². The first-order valence-corrected chi connectivity index (χ1v) is 6.01. The van der Waals surface area contributed by atoms with Gasteiger partial charge in [0, 0.05) is 10.6 Å². The molecular formula is C12H11ClN4O3. The van der Waals surface area contributed by atoms with Crippen molar-refractivity contribution in [3.8, 4) is 0 Å². The maximum Gasteiger partial charge on any atom is 0.353 e. The highest BCUT2D eigenvalue weighted by Crippen LogP contribution is 2.16. The van der Waals surface area contributed by atoms with Crippen LogP contribution in [-0.2, 0) is 9.59 Å². The van der Waals surface area contributed by atoms with Crippen LogP contribution in [0.4, 0.5) is 0 Å². The summed E-state index contributed by atoms with van der Waals surface area (Å²) >= 11 is 5.85. The van der Waals surface area contributed by atoms with Gasteiger partial charge in [-0.3, -0.25) is 4.79 Å². The van der Waals surface area contributed by atoms with Crippen molar-refractivity contribution in [1.29, 1.82) is 0 Å². The average Bonchev–Trinajstić information content (AvgIpc) is 2.78. The van der Waals surface area contributed by atoms with E-state index in [0.29, 0.717) is 21.6 Å². The fourth-order valence-electron chi connectivity index (χ4n) is 1.37. The summed E-state index contributed by atoms with van der Waals surface area (Å²) in [4.78, 5) is 28.7. The van der Waals surface area contributed by atoms with Crippen molar-refractivity contribution in [2.75, 3.05) is 6.54 Å². The molecule has 0 bridgehead atoms. The van der Waals surface area contributed by atoms with E-state index in [-0.39, 0.29) is 6.54 Å². The highest BCUT2D eigenvalue weighted by atomic mass is 35.5. The second-order valence-corrected chi connectivity index (χ2v) is 4.46. The van der Waals surface area contributed by atoms with Crippen LogP contribution >= 0.6 is 11.6 Å². The SMILES string of the molecule is C=C(C)C(=O)NCC(=O)On1nnc2ccc(Cl)cc21. The molecule has 0 aliphatic carbocycles. The minimum atomic E-state index is -0.689. The van der Waals surface area contributed by atoms with E-state index in [1.54, 1.807) is 18.2 Å². The Labute approximate surface area is 119 Å². The number of halogens is 1. The highest BCUT2D eigenvalue weighted by molar-refractivity contribution is 6.31. The van der Waals surface area contributed by atoms with Gasteiger partial charge in [-0.05, 0) is 30.3 Å². The van der Waals surface area contributed by atoms with E-state index in [0.717, 1.165) is 4.85 Å². The summed E-state index contributed by atoms with van der Waals surface area (Å²) in [6.45, 7) is 4.69. The first kappa shape index (κ1) is 14.0. The van der Waals surface area contributed by atoms with Crippen molar-refractivity contribution in [3.05, 3.63) is 35.4 Å². The third kappa shape index (κ3) is 3.12. The van der Waals surface area contributed by atoms with Crippen molar-refractivity contribution < 1.29 is 14.4 Å². The molecule has 104 valence electrons. The third-order valence-electron chi connectivity index (χ3n) is 2.35. The molecule has 2 rings (SSSR count). The van der Waals surface area contributed by atoms with Gasteiger partial charge in [0.25, 0.3) is 0 Å². The van der Waals surface area contributed by atoms with Crippen molar-refractivity contribution in [2.45, 2.75) is 6.92 Å². The zero-order chi connectivity index (χ0) is 14.7. The number of hydrogen-bond acceptors (Lipinski definition) is 5. The summed E-state index contributed by atoms with van der Waals surface area (Å²) in [5, 5.41) is 10.3. The van der Waals surface area contributed by atoms with Crippen molar-refractivity contribution >= 4 is 34.5 Å². The molecule has 0 aliphatic heterocycles. The summed E-state index contributed by atoms with van der Waals surface area (Å²) in [6, 6.07) is 4.87. The molecule has 0 fully saturated rings. The molecule has 0 spiro atoms.